The fraction of sp³-hybridized carbons (Fsp3) is 0.333. The summed E-state index contributed by atoms with van der Waals surface area (Å²) >= 11 is 0. The van der Waals surface area contributed by atoms with Crippen LogP contribution in [0.2, 0.25) is 0 Å². The van der Waals surface area contributed by atoms with Crippen LogP contribution < -0.4 is 15.9 Å². The number of carbonyl (C=O) groups excluding carboxylic acids is 1. The van der Waals surface area contributed by atoms with E-state index in [4.69, 9.17) is 5.10 Å². The Bertz CT molecular complexity index is 925. The molecular formula is C21H23N3O. The molecule has 4 heteroatoms. The second kappa shape index (κ2) is 6.71. The zero-order valence-electron chi connectivity index (χ0n) is 14.5. The van der Waals surface area contributed by atoms with Crippen molar-refractivity contribution in [2.24, 2.45) is 0 Å². The largest absolute Gasteiger partial charge is 0.355 e. The van der Waals surface area contributed by atoms with Gasteiger partial charge >= 0.3 is 0 Å². The van der Waals surface area contributed by atoms with E-state index in [0.29, 0.717) is 13.0 Å². The second-order valence-corrected chi connectivity index (χ2v) is 6.85. The van der Waals surface area contributed by atoms with E-state index in [1.54, 1.807) is 0 Å². The van der Waals surface area contributed by atoms with Crippen molar-refractivity contribution in [1.29, 1.82) is 0 Å². The average molecular weight is 333 g/mol. The molecule has 2 heterocycles. The first kappa shape index (κ1) is 15.9. The van der Waals surface area contributed by atoms with E-state index in [9.17, 15) is 4.79 Å². The van der Waals surface area contributed by atoms with Gasteiger partial charge in [-0.2, -0.15) is 5.10 Å². The Morgan fingerprint density at radius 1 is 1.20 bits per heavy atom. The average Bonchev–Trinajstić information content (AvgIpc) is 2.93. The summed E-state index contributed by atoms with van der Waals surface area (Å²) < 4.78 is 2.07. The Kier molecular flexibility index (Phi) is 4.26. The van der Waals surface area contributed by atoms with Gasteiger partial charge in [0.05, 0.1) is 16.7 Å². The maximum absolute atomic E-state index is 11.5. The van der Waals surface area contributed by atoms with E-state index in [-0.39, 0.29) is 11.8 Å². The molecule has 1 aliphatic carbocycles. The van der Waals surface area contributed by atoms with Gasteiger partial charge in [0.15, 0.2) is 0 Å². The molecule has 1 aromatic heterocycles. The maximum atomic E-state index is 11.5. The monoisotopic (exact) mass is 333 g/mol. The first-order chi connectivity index (χ1) is 12.2. The number of rotatable bonds is 2. The lowest BCUT2D eigenvalue weighted by molar-refractivity contribution is -0.122. The van der Waals surface area contributed by atoms with Crippen molar-refractivity contribution in [1.82, 2.24) is 15.1 Å². The van der Waals surface area contributed by atoms with E-state index in [1.807, 2.05) is 0 Å². The van der Waals surface area contributed by atoms with Crippen LogP contribution in [0.4, 0.5) is 0 Å². The van der Waals surface area contributed by atoms with Crippen molar-refractivity contribution in [3.8, 4) is 5.69 Å². The van der Waals surface area contributed by atoms with Gasteiger partial charge in [-0.1, -0.05) is 42.0 Å². The molecule has 1 aromatic carbocycles. The van der Waals surface area contributed by atoms with Gasteiger partial charge in [0.1, 0.15) is 0 Å². The SMILES string of the molecule is Cc1ccc(-n2nc(C3CCC(=O)NC3)c3/c2=C\CC/C=C\C=3)cc1. The number of hydrogen-bond donors (Lipinski definition) is 1. The van der Waals surface area contributed by atoms with Crippen LogP contribution in [0.3, 0.4) is 0 Å². The summed E-state index contributed by atoms with van der Waals surface area (Å²) in [6.07, 6.45) is 12.3. The van der Waals surface area contributed by atoms with E-state index < -0.39 is 0 Å². The Hall–Kier alpha value is -2.62. The summed E-state index contributed by atoms with van der Waals surface area (Å²) in [7, 11) is 0. The Labute approximate surface area is 147 Å². The number of fused-ring (bicyclic) bond motifs is 1. The highest BCUT2D eigenvalue weighted by Crippen LogP contribution is 2.20. The predicted octanol–water partition coefficient (Wildman–Crippen LogP) is 2.09. The van der Waals surface area contributed by atoms with Crippen LogP contribution in [0.1, 0.15) is 42.9 Å². The van der Waals surface area contributed by atoms with Crippen LogP contribution in [0.5, 0.6) is 0 Å². The molecule has 2 aromatic rings. The Balaban J connectivity index is 1.88. The number of nitrogens with one attached hydrogen (secondary N) is 1. The van der Waals surface area contributed by atoms with Gasteiger partial charge in [0.25, 0.3) is 0 Å². The molecule has 0 radical (unpaired) electrons. The number of piperidine rings is 1. The highest BCUT2D eigenvalue weighted by Gasteiger charge is 2.24. The summed E-state index contributed by atoms with van der Waals surface area (Å²) in [6.45, 7) is 2.77. The number of hydrogen-bond acceptors (Lipinski definition) is 2. The van der Waals surface area contributed by atoms with Crippen LogP contribution >= 0.6 is 0 Å². The van der Waals surface area contributed by atoms with Gasteiger partial charge in [0.2, 0.25) is 5.91 Å². The van der Waals surface area contributed by atoms with Crippen molar-refractivity contribution in [2.45, 2.75) is 38.5 Å². The minimum atomic E-state index is 0.146. The van der Waals surface area contributed by atoms with Gasteiger partial charge < -0.3 is 5.32 Å². The lowest BCUT2D eigenvalue weighted by atomic mass is 9.94. The van der Waals surface area contributed by atoms with Crippen LogP contribution in [-0.4, -0.2) is 22.2 Å². The van der Waals surface area contributed by atoms with E-state index in [1.165, 1.54) is 16.1 Å². The lowest BCUT2D eigenvalue weighted by Gasteiger charge is -2.20. The van der Waals surface area contributed by atoms with Gasteiger partial charge in [-0.15, -0.1) is 0 Å². The molecule has 1 N–H and O–H groups in total. The Morgan fingerprint density at radius 3 is 2.80 bits per heavy atom. The van der Waals surface area contributed by atoms with Crippen molar-refractivity contribution >= 4 is 18.1 Å². The summed E-state index contributed by atoms with van der Waals surface area (Å²) in [5.74, 6) is 0.420. The molecule has 1 saturated heterocycles. The smallest absolute Gasteiger partial charge is 0.220 e. The molecule has 4 rings (SSSR count). The summed E-state index contributed by atoms with van der Waals surface area (Å²) in [5.41, 5.74) is 3.42. The quantitative estimate of drug-likeness (QED) is 0.915. The molecule has 25 heavy (non-hydrogen) atoms. The summed E-state index contributed by atoms with van der Waals surface area (Å²) in [5, 5.41) is 10.3. The molecule has 1 atom stereocenters. The molecule has 1 unspecified atom stereocenters. The first-order valence-electron chi connectivity index (χ1n) is 9.02. The van der Waals surface area contributed by atoms with E-state index in [2.05, 4.69) is 65.5 Å². The number of aryl methyl sites for hydroxylation is 1. The second-order valence-electron chi connectivity index (χ2n) is 6.85. The van der Waals surface area contributed by atoms with Crippen LogP contribution in [0.15, 0.2) is 36.4 Å². The highest BCUT2D eigenvalue weighted by atomic mass is 16.1. The van der Waals surface area contributed by atoms with Gasteiger partial charge in [-0.05, 0) is 38.3 Å². The number of carbonyl (C=O) groups is 1. The number of nitrogens with zero attached hydrogens (tertiary/aromatic N) is 2. The third kappa shape index (κ3) is 3.16. The number of benzene rings is 1. The van der Waals surface area contributed by atoms with Gasteiger partial charge in [0, 0.05) is 24.1 Å². The topological polar surface area (TPSA) is 46.9 Å². The van der Waals surface area contributed by atoms with Crippen LogP contribution in [-0.2, 0) is 4.79 Å². The fourth-order valence-corrected chi connectivity index (χ4v) is 3.56. The van der Waals surface area contributed by atoms with Gasteiger partial charge in [-0.3, -0.25) is 4.79 Å². The minimum absolute atomic E-state index is 0.146. The van der Waals surface area contributed by atoms with Gasteiger partial charge in [-0.25, -0.2) is 4.68 Å². The molecule has 0 spiro atoms. The Morgan fingerprint density at radius 2 is 2.04 bits per heavy atom. The zero-order chi connectivity index (χ0) is 17.2. The molecule has 128 valence electrons. The maximum Gasteiger partial charge on any atom is 0.220 e. The number of amides is 1. The number of allylic oxidation sites excluding steroid dienone is 2. The highest BCUT2D eigenvalue weighted by molar-refractivity contribution is 5.76. The standard InChI is InChI=1S/C21H23N3O/c1-15-8-11-17(12-9-15)24-19-7-5-3-2-4-6-18(19)21(23-24)16-10-13-20(25)22-14-16/h2,4,6-9,11-12,16H,3,5,10,13-14H2,1H3,(H,22,25)/b4-2-,18-6+,19-7+. The third-order valence-electron chi connectivity index (χ3n) is 4.99. The van der Waals surface area contributed by atoms with Crippen molar-refractivity contribution < 1.29 is 4.79 Å². The molecular weight excluding hydrogens is 310 g/mol. The molecule has 1 aliphatic heterocycles. The lowest BCUT2D eigenvalue weighted by Crippen LogP contribution is -2.37. The predicted molar refractivity (Wildman–Crippen MR) is 99.8 cm³/mol. The molecule has 2 aliphatic rings. The molecule has 0 bridgehead atoms. The van der Waals surface area contributed by atoms with E-state index in [0.717, 1.165) is 30.6 Å². The molecule has 1 amide bonds. The minimum Gasteiger partial charge on any atom is -0.355 e. The zero-order valence-corrected chi connectivity index (χ0v) is 14.5. The fourth-order valence-electron chi connectivity index (χ4n) is 3.56. The van der Waals surface area contributed by atoms with E-state index >= 15 is 0 Å². The van der Waals surface area contributed by atoms with Crippen LogP contribution in [0, 0.1) is 6.92 Å². The van der Waals surface area contributed by atoms with Crippen LogP contribution in [0.25, 0.3) is 17.8 Å². The number of aromatic nitrogens is 2. The van der Waals surface area contributed by atoms with Crippen molar-refractivity contribution in [3.05, 3.63) is 58.2 Å². The summed E-state index contributed by atoms with van der Waals surface area (Å²) in [4.78, 5) is 11.5. The normalized spacial score (nSPS) is 23.9. The molecule has 0 saturated carbocycles. The van der Waals surface area contributed by atoms with Crippen molar-refractivity contribution in [3.63, 3.8) is 0 Å². The molecule has 1 fully saturated rings. The van der Waals surface area contributed by atoms with Crippen molar-refractivity contribution in [2.75, 3.05) is 6.54 Å². The third-order valence-corrected chi connectivity index (χ3v) is 4.99. The molecule has 4 nitrogen and oxygen atoms in total. The first-order valence-corrected chi connectivity index (χ1v) is 9.02. The summed E-state index contributed by atoms with van der Waals surface area (Å²) in [6, 6.07) is 8.49.